The van der Waals surface area contributed by atoms with Crippen LogP contribution in [0, 0.1) is 5.82 Å². The first-order valence-electron chi connectivity index (χ1n) is 9.88. The van der Waals surface area contributed by atoms with Gasteiger partial charge in [-0.05, 0) is 35.4 Å². The topological polar surface area (TPSA) is 84.3 Å². The molecule has 2 heterocycles. The second-order valence-electron chi connectivity index (χ2n) is 7.43. The van der Waals surface area contributed by atoms with Crippen molar-refractivity contribution in [1.82, 2.24) is 19.8 Å². The highest BCUT2D eigenvalue weighted by Crippen LogP contribution is 2.22. The maximum Gasteiger partial charge on any atom is 0.252 e. The molecule has 0 spiro atoms. The summed E-state index contributed by atoms with van der Waals surface area (Å²) in [4.78, 5) is 42.0. The molecule has 1 fully saturated rings. The van der Waals surface area contributed by atoms with Crippen LogP contribution in [-0.4, -0.2) is 32.2 Å². The van der Waals surface area contributed by atoms with E-state index in [4.69, 9.17) is 0 Å². The molecule has 31 heavy (non-hydrogen) atoms. The number of hydrogen-bond acceptors (Lipinski definition) is 4. The van der Waals surface area contributed by atoms with Crippen LogP contribution in [-0.2, 0) is 23.2 Å². The van der Waals surface area contributed by atoms with Crippen molar-refractivity contribution in [3.8, 4) is 0 Å². The van der Waals surface area contributed by atoms with Crippen LogP contribution in [0.5, 0.6) is 0 Å². The first kappa shape index (κ1) is 20.5. The minimum Gasteiger partial charge on any atom is -0.338 e. The van der Waals surface area contributed by atoms with E-state index in [0.717, 1.165) is 5.56 Å². The van der Waals surface area contributed by atoms with Gasteiger partial charge in [-0.1, -0.05) is 24.3 Å². The SMILES string of the molecule is Cn1ccnc1C(NC(=O)c1ccc(CN2C(=O)CCC2=O)cc1)c1cccc(F)c1. The highest BCUT2D eigenvalue weighted by molar-refractivity contribution is 6.01. The fraction of sp³-hybridized carbons (Fsp3) is 0.217. The number of carbonyl (C=O) groups excluding carboxylic acids is 3. The van der Waals surface area contributed by atoms with Crippen molar-refractivity contribution in [3.05, 3.63) is 89.3 Å². The highest BCUT2D eigenvalue weighted by Gasteiger charge is 2.28. The summed E-state index contributed by atoms with van der Waals surface area (Å²) in [5.74, 6) is -0.542. The second kappa shape index (κ2) is 8.51. The number of likely N-dealkylation sites (tertiary alicyclic amines) is 1. The van der Waals surface area contributed by atoms with Crippen LogP contribution in [0.15, 0.2) is 60.9 Å². The lowest BCUT2D eigenvalue weighted by Crippen LogP contribution is -2.31. The van der Waals surface area contributed by atoms with Gasteiger partial charge in [0.05, 0.1) is 6.54 Å². The maximum atomic E-state index is 13.8. The van der Waals surface area contributed by atoms with Gasteiger partial charge >= 0.3 is 0 Å². The molecule has 1 unspecified atom stereocenters. The Hall–Kier alpha value is -3.81. The Kier molecular flexibility index (Phi) is 5.62. The minimum absolute atomic E-state index is 0.181. The minimum atomic E-state index is -0.636. The number of aromatic nitrogens is 2. The number of hydrogen-bond donors (Lipinski definition) is 1. The Morgan fingerprint density at radius 3 is 2.45 bits per heavy atom. The second-order valence-corrected chi connectivity index (χ2v) is 7.43. The van der Waals surface area contributed by atoms with Crippen molar-refractivity contribution in [2.45, 2.75) is 25.4 Å². The fourth-order valence-corrected chi connectivity index (χ4v) is 3.60. The number of aryl methyl sites for hydroxylation is 1. The summed E-state index contributed by atoms with van der Waals surface area (Å²) in [6, 6.07) is 12.1. The molecule has 0 bridgehead atoms. The van der Waals surface area contributed by atoms with Gasteiger partial charge in [0, 0.05) is 37.8 Å². The van der Waals surface area contributed by atoms with E-state index in [-0.39, 0.29) is 37.1 Å². The van der Waals surface area contributed by atoms with Gasteiger partial charge in [-0.3, -0.25) is 19.3 Å². The normalized spacial score (nSPS) is 14.7. The number of carbonyl (C=O) groups is 3. The quantitative estimate of drug-likeness (QED) is 0.622. The smallest absolute Gasteiger partial charge is 0.252 e. The highest BCUT2D eigenvalue weighted by atomic mass is 19.1. The maximum absolute atomic E-state index is 13.8. The Bertz CT molecular complexity index is 1120. The number of nitrogens with zero attached hydrogens (tertiary/aromatic N) is 3. The molecule has 1 saturated heterocycles. The predicted octanol–water partition coefficient (Wildman–Crippen LogP) is 2.73. The first-order chi connectivity index (χ1) is 14.9. The van der Waals surface area contributed by atoms with Gasteiger partial charge in [0.15, 0.2) is 0 Å². The largest absolute Gasteiger partial charge is 0.338 e. The third kappa shape index (κ3) is 4.37. The van der Waals surface area contributed by atoms with Crippen LogP contribution in [0.25, 0.3) is 0 Å². The first-order valence-corrected chi connectivity index (χ1v) is 9.88. The van der Waals surface area contributed by atoms with Gasteiger partial charge in [-0.25, -0.2) is 9.37 Å². The Labute approximate surface area is 178 Å². The number of imide groups is 1. The fourth-order valence-electron chi connectivity index (χ4n) is 3.60. The molecule has 7 nitrogen and oxygen atoms in total. The van der Waals surface area contributed by atoms with Crippen molar-refractivity contribution < 1.29 is 18.8 Å². The van der Waals surface area contributed by atoms with E-state index >= 15 is 0 Å². The van der Waals surface area contributed by atoms with Crippen molar-refractivity contribution in [2.75, 3.05) is 0 Å². The lowest BCUT2D eigenvalue weighted by molar-refractivity contribution is -0.139. The average Bonchev–Trinajstić information content (AvgIpc) is 3.32. The van der Waals surface area contributed by atoms with Gasteiger partial charge in [-0.2, -0.15) is 0 Å². The van der Waals surface area contributed by atoms with Crippen molar-refractivity contribution in [2.24, 2.45) is 7.05 Å². The molecule has 4 rings (SSSR count). The molecule has 3 aromatic rings. The molecule has 1 aliphatic heterocycles. The van der Waals surface area contributed by atoms with E-state index in [0.29, 0.717) is 17.0 Å². The molecule has 0 aliphatic carbocycles. The van der Waals surface area contributed by atoms with E-state index in [9.17, 15) is 18.8 Å². The molecular weight excluding hydrogens is 399 g/mol. The van der Waals surface area contributed by atoms with Crippen LogP contribution in [0.1, 0.15) is 46.2 Å². The zero-order chi connectivity index (χ0) is 22.0. The lowest BCUT2D eigenvalue weighted by Gasteiger charge is -2.19. The van der Waals surface area contributed by atoms with E-state index < -0.39 is 11.9 Å². The number of amides is 3. The summed E-state index contributed by atoms with van der Waals surface area (Å²) in [6.45, 7) is 0.193. The van der Waals surface area contributed by atoms with Crippen molar-refractivity contribution in [1.29, 1.82) is 0 Å². The summed E-state index contributed by atoms with van der Waals surface area (Å²) in [6.07, 6.45) is 3.86. The molecule has 1 N–H and O–H groups in total. The van der Waals surface area contributed by atoms with Crippen LogP contribution < -0.4 is 5.32 Å². The number of benzene rings is 2. The number of rotatable bonds is 6. The van der Waals surface area contributed by atoms with Crippen LogP contribution in [0.3, 0.4) is 0 Å². The summed E-state index contributed by atoms with van der Waals surface area (Å²) in [7, 11) is 1.80. The van der Waals surface area contributed by atoms with Gasteiger partial charge in [-0.15, -0.1) is 0 Å². The van der Waals surface area contributed by atoms with Crippen LogP contribution >= 0.6 is 0 Å². The number of imidazole rings is 1. The van der Waals surface area contributed by atoms with Crippen LogP contribution in [0.2, 0.25) is 0 Å². The van der Waals surface area contributed by atoms with E-state index in [1.807, 2.05) is 0 Å². The zero-order valence-corrected chi connectivity index (χ0v) is 16.9. The van der Waals surface area contributed by atoms with E-state index in [2.05, 4.69) is 10.3 Å². The number of nitrogens with one attached hydrogen (secondary N) is 1. The molecule has 0 saturated carbocycles. The Balaban J connectivity index is 1.53. The summed E-state index contributed by atoms with van der Waals surface area (Å²) >= 11 is 0. The van der Waals surface area contributed by atoms with Gasteiger partial charge in [0.2, 0.25) is 11.8 Å². The molecule has 2 aromatic carbocycles. The van der Waals surface area contributed by atoms with Crippen molar-refractivity contribution in [3.63, 3.8) is 0 Å². The molecule has 158 valence electrons. The zero-order valence-electron chi connectivity index (χ0n) is 16.9. The third-order valence-electron chi connectivity index (χ3n) is 5.29. The predicted molar refractivity (Wildman–Crippen MR) is 110 cm³/mol. The molecule has 1 atom stereocenters. The molecule has 3 amide bonds. The monoisotopic (exact) mass is 420 g/mol. The Morgan fingerprint density at radius 1 is 1.13 bits per heavy atom. The summed E-state index contributed by atoms with van der Waals surface area (Å²) < 4.78 is 15.6. The standard InChI is InChI=1S/C23H21FN4O3/c1-27-12-11-25-22(27)21(17-3-2-4-18(24)13-17)26-23(31)16-7-5-15(6-8-16)14-28-19(29)9-10-20(28)30/h2-8,11-13,21H,9-10,14H2,1H3,(H,26,31). The number of halogens is 1. The molecule has 8 heteroatoms. The van der Waals surface area contributed by atoms with E-state index in [1.54, 1.807) is 60.4 Å². The van der Waals surface area contributed by atoms with Crippen molar-refractivity contribution >= 4 is 17.7 Å². The van der Waals surface area contributed by atoms with E-state index in [1.165, 1.54) is 17.0 Å². The Morgan fingerprint density at radius 2 is 1.84 bits per heavy atom. The van der Waals surface area contributed by atoms with Gasteiger partial charge < -0.3 is 9.88 Å². The molecule has 0 radical (unpaired) electrons. The van der Waals surface area contributed by atoms with Gasteiger partial charge in [0.1, 0.15) is 17.7 Å². The molecule has 1 aromatic heterocycles. The van der Waals surface area contributed by atoms with Gasteiger partial charge in [0.25, 0.3) is 5.91 Å². The van der Waals surface area contributed by atoms with Crippen LogP contribution in [0.4, 0.5) is 4.39 Å². The molecular formula is C23H21FN4O3. The lowest BCUT2D eigenvalue weighted by atomic mass is 10.0. The summed E-state index contributed by atoms with van der Waals surface area (Å²) in [5, 5.41) is 2.92. The average molecular weight is 420 g/mol. The molecule has 1 aliphatic rings. The summed E-state index contributed by atoms with van der Waals surface area (Å²) in [5.41, 5.74) is 1.73. The third-order valence-corrected chi connectivity index (χ3v) is 5.29.